The summed E-state index contributed by atoms with van der Waals surface area (Å²) < 4.78 is 0. The topological polar surface area (TPSA) is 39.1 Å². The van der Waals surface area contributed by atoms with E-state index in [-0.39, 0.29) is 0 Å². The standard InChI is InChI=1S/C16H16ClN3/c1-20(2)16-8-7-14(9-15(16)17)19-11-13-5-3-12(10-18)4-6-13/h3-9,19H,11H2,1-2H3. The molecule has 0 aliphatic carbocycles. The fourth-order valence-electron chi connectivity index (χ4n) is 1.88. The van der Waals surface area contributed by atoms with Crippen molar-refractivity contribution >= 4 is 23.0 Å². The van der Waals surface area contributed by atoms with E-state index in [0.717, 1.165) is 22.0 Å². The Morgan fingerprint density at radius 2 is 1.85 bits per heavy atom. The second-order valence-electron chi connectivity index (χ2n) is 4.72. The molecule has 0 saturated heterocycles. The Morgan fingerprint density at radius 3 is 2.40 bits per heavy atom. The number of halogens is 1. The number of nitrogens with zero attached hydrogens (tertiary/aromatic N) is 2. The first-order valence-electron chi connectivity index (χ1n) is 6.30. The number of nitriles is 1. The highest BCUT2D eigenvalue weighted by Crippen LogP contribution is 2.27. The van der Waals surface area contributed by atoms with Gasteiger partial charge in [0, 0.05) is 26.3 Å². The Labute approximate surface area is 124 Å². The molecule has 0 aliphatic rings. The second-order valence-corrected chi connectivity index (χ2v) is 5.13. The number of hydrogen-bond donors (Lipinski definition) is 1. The molecule has 0 aromatic heterocycles. The maximum atomic E-state index is 8.75. The Kier molecular flexibility index (Phi) is 4.49. The minimum absolute atomic E-state index is 0.673. The van der Waals surface area contributed by atoms with Gasteiger partial charge in [0.1, 0.15) is 0 Å². The highest BCUT2D eigenvalue weighted by Gasteiger charge is 2.03. The van der Waals surface area contributed by atoms with Gasteiger partial charge < -0.3 is 10.2 Å². The van der Waals surface area contributed by atoms with Crippen LogP contribution in [-0.4, -0.2) is 14.1 Å². The highest BCUT2D eigenvalue weighted by molar-refractivity contribution is 6.33. The van der Waals surface area contributed by atoms with Gasteiger partial charge >= 0.3 is 0 Å². The van der Waals surface area contributed by atoms with Crippen LogP contribution in [0.4, 0.5) is 11.4 Å². The van der Waals surface area contributed by atoms with Crippen molar-refractivity contribution in [2.45, 2.75) is 6.54 Å². The zero-order chi connectivity index (χ0) is 14.5. The molecule has 2 rings (SSSR count). The lowest BCUT2D eigenvalue weighted by Gasteiger charge is -2.15. The quantitative estimate of drug-likeness (QED) is 0.926. The molecule has 3 nitrogen and oxygen atoms in total. The number of hydrogen-bond acceptors (Lipinski definition) is 3. The van der Waals surface area contributed by atoms with Gasteiger partial charge in [-0.05, 0) is 35.9 Å². The van der Waals surface area contributed by atoms with Crippen LogP contribution in [0.25, 0.3) is 0 Å². The second kappa shape index (κ2) is 6.31. The van der Waals surface area contributed by atoms with Crippen LogP contribution in [0.2, 0.25) is 5.02 Å². The molecular weight excluding hydrogens is 270 g/mol. The molecule has 0 bridgehead atoms. The van der Waals surface area contributed by atoms with E-state index in [0.29, 0.717) is 12.1 Å². The zero-order valence-corrected chi connectivity index (χ0v) is 12.3. The summed E-state index contributed by atoms with van der Waals surface area (Å²) in [6, 6.07) is 15.6. The fourth-order valence-corrected chi connectivity index (χ4v) is 2.23. The van der Waals surface area contributed by atoms with Gasteiger partial charge in [-0.2, -0.15) is 5.26 Å². The van der Waals surface area contributed by atoms with Crippen LogP contribution in [-0.2, 0) is 6.54 Å². The minimum atomic E-state index is 0.673. The number of benzene rings is 2. The van der Waals surface area contributed by atoms with Gasteiger partial charge in [0.05, 0.1) is 22.3 Å². The summed E-state index contributed by atoms with van der Waals surface area (Å²) >= 11 is 6.23. The van der Waals surface area contributed by atoms with Crippen molar-refractivity contribution in [1.82, 2.24) is 0 Å². The summed E-state index contributed by atoms with van der Waals surface area (Å²) in [5.74, 6) is 0. The minimum Gasteiger partial charge on any atom is -0.381 e. The molecule has 0 atom stereocenters. The van der Waals surface area contributed by atoms with Crippen molar-refractivity contribution in [2.75, 3.05) is 24.3 Å². The summed E-state index contributed by atoms with van der Waals surface area (Å²) in [6.07, 6.45) is 0. The zero-order valence-electron chi connectivity index (χ0n) is 11.5. The van der Waals surface area contributed by atoms with Crippen molar-refractivity contribution in [3.8, 4) is 6.07 Å². The maximum Gasteiger partial charge on any atom is 0.0991 e. The van der Waals surface area contributed by atoms with Crippen molar-refractivity contribution in [3.05, 3.63) is 58.6 Å². The van der Waals surface area contributed by atoms with Crippen LogP contribution >= 0.6 is 11.6 Å². The van der Waals surface area contributed by atoms with Gasteiger partial charge in [0.15, 0.2) is 0 Å². The lowest BCUT2D eigenvalue weighted by molar-refractivity contribution is 1.12. The van der Waals surface area contributed by atoms with Crippen LogP contribution in [0.15, 0.2) is 42.5 Å². The van der Waals surface area contributed by atoms with E-state index in [2.05, 4.69) is 11.4 Å². The van der Waals surface area contributed by atoms with Crippen molar-refractivity contribution in [2.24, 2.45) is 0 Å². The van der Waals surface area contributed by atoms with Gasteiger partial charge in [-0.3, -0.25) is 0 Å². The Balaban J connectivity index is 2.03. The van der Waals surface area contributed by atoms with Gasteiger partial charge in [-0.1, -0.05) is 23.7 Å². The first-order chi connectivity index (χ1) is 9.60. The highest BCUT2D eigenvalue weighted by atomic mass is 35.5. The molecule has 0 unspecified atom stereocenters. The fraction of sp³-hybridized carbons (Fsp3) is 0.188. The van der Waals surface area contributed by atoms with E-state index in [4.69, 9.17) is 16.9 Å². The molecule has 0 saturated carbocycles. The Hall–Kier alpha value is -2.18. The van der Waals surface area contributed by atoms with Crippen LogP contribution in [0.5, 0.6) is 0 Å². The molecule has 1 N–H and O–H groups in total. The molecule has 0 radical (unpaired) electrons. The van der Waals surface area contributed by atoms with Crippen LogP contribution in [0, 0.1) is 11.3 Å². The third-order valence-electron chi connectivity index (χ3n) is 3.01. The number of nitrogens with one attached hydrogen (secondary N) is 1. The van der Waals surface area contributed by atoms with Crippen LogP contribution in [0.3, 0.4) is 0 Å². The molecule has 0 spiro atoms. The molecule has 0 aliphatic heterocycles. The molecular formula is C16H16ClN3. The third kappa shape index (κ3) is 3.43. The van der Waals surface area contributed by atoms with E-state index >= 15 is 0 Å². The van der Waals surface area contributed by atoms with E-state index in [9.17, 15) is 0 Å². The van der Waals surface area contributed by atoms with E-state index in [1.165, 1.54) is 0 Å². The van der Waals surface area contributed by atoms with Crippen LogP contribution < -0.4 is 10.2 Å². The average Bonchev–Trinajstić information content (AvgIpc) is 2.45. The van der Waals surface area contributed by atoms with Crippen molar-refractivity contribution < 1.29 is 0 Å². The molecule has 2 aromatic carbocycles. The molecule has 102 valence electrons. The molecule has 2 aromatic rings. The number of anilines is 2. The first-order valence-corrected chi connectivity index (χ1v) is 6.68. The number of rotatable bonds is 4. The molecule has 0 heterocycles. The smallest absolute Gasteiger partial charge is 0.0991 e. The Morgan fingerprint density at radius 1 is 1.15 bits per heavy atom. The summed E-state index contributed by atoms with van der Waals surface area (Å²) in [5, 5.41) is 12.8. The maximum absolute atomic E-state index is 8.75. The first kappa shape index (κ1) is 14.2. The molecule has 20 heavy (non-hydrogen) atoms. The van der Waals surface area contributed by atoms with Gasteiger partial charge in [0.2, 0.25) is 0 Å². The van der Waals surface area contributed by atoms with E-state index in [1.807, 2.05) is 61.5 Å². The molecule has 4 heteroatoms. The van der Waals surface area contributed by atoms with Crippen molar-refractivity contribution in [1.29, 1.82) is 5.26 Å². The summed E-state index contributed by atoms with van der Waals surface area (Å²) in [5.41, 5.74) is 3.77. The lowest BCUT2D eigenvalue weighted by Crippen LogP contribution is -2.09. The molecule has 0 amide bonds. The predicted octanol–water partition coefficient (Wildman–Crippen LogP) is 3.89. The van der Waals surface area contributed by atoms with Gasteiger partial charge in [-0.15, -0.1) is 0 Å². The van der Waals surface area contributed by atoms with Gasteiger partial charge in [-0.25, -0.2) is 0 Å². The lowest BCUT2D eigenvalue weighted by atomic mass is 10.1. The predicted molar refractivity (Wildman–Crippen MR) is 84.3 cm³/mol. The van der Waals surface area contributed by atoms with Crippen molar-refractivity contribution in [3.63, 3.8) is 0 Å². The monoisotopic (exact) mass is 285 g/mol. The van der Waals surface area contributed by atoms with E-state index < -0.39 is 0 Å². The summed E-state index contributed by atoms with van der Waals surface area (Å²) in [6.45, 7) is 0.698. The largest absolute Gasteiger partial charge is 0.381 e. The SMILES string of the molecule is CN(C)c1ccc(NCc2ccc(C#N)cc2)cc1Cl. The summed E-state index contributed by atoms with van der Waals surface area (Å²) in [4.78, 5) is 1.98. The third-order valence-corrected chi connectivity index (χ3v) is 3.31. The van der Waals surface area contributed by atoms with Gasteiger partial charge in [0.25, 0.3) is 0 Å². The van der Waals surface area contributed by atoms with Crippen LogP contribution in [0.1, 0.15) is 11.1 Å². The summed E-state index contributed by atoms with van der Waals surface area (Å²) in [7, 11) is 3.93. The Bertz CT molecular complexity index is 627. The normalized spacial score (nSPS) is 9.90. The molecule has 0 fully saturated rings. The average molecular weight is 286 g/mol. The van der Waals surface area contributed by atoms with E-state index in [1.54, 1.807) is 0 Å².